The molecule has 72 valence electrons. The van der Waals surface area contributed by atoms with Crippen molar-refractivity contribution in [3.63, 3.8) is 0 Å². The van der Waals surface area contributed by atoms with Gasteiger partial charge in [0, 0.05) is 18.3 Å². The summed E-state index contributed by atoms with van der Waals surface area (Å²) in [5.74, 6) is 0.892. The zero-order chi connectivity index (χ0) is 9.84. The van der Waals surface area contributed by atoms with Gasteiger partial charge in [-0.3, -0.25) is 0 Å². The third-order valence-corrected chi connectivity index (χ3v) is 2.23. The second-order valence-corrected chi connectivity index (χ2v) is 2.95. The number of carboxylic acid groups (broad SMARTS) is 1. The fourth-order valence-corrected chi connectivity index (χ4v) is 1.43. The Hall–Kier alpha value is -1.32. The summed E-state index contributed by atoms with van der Waals surface area (Å²) in [6.45, 7) is 4.07. The molecular weight excluding hydrogens is 168 g/mol. The van der Waals surface area contributed by atoms with Gasteiger partial charge < -0.3 is 5.11 Å². The highest BCUT2D eigenvalue weighted by molar-refractivity contribution is 5.68. The van der Waals surface area contributed by atoms with Gasteiger partial charge in [0.1, 0.15) is 5.82 Å². The maximum Gasteiger partial charge on any atom is 0.417 e. The summed E-state index contributed by atoms with van der Waals surface area (Å²) in [4.78, 5) is 14.8. The quantitative estimate of drug-likeness (QED) is 0.780. The standard InChI is InChI=1S/C9H14N2O2/c1-3-7(4-2)8-10-5-6-11(8)9(12)13/h5-7H,3-4H2,1-2H3,(H,12,13). The Morgan fingerprint density at radius 3 is 2.69 bits per heavy atom. The summed E-state index contributed by atoms with van der Waals surface area (Å²) in [7, 11) is 0. The summed E-state index contributed by atoms with van der Waals surface area (Å²) in [6.07, 6.45) is 3.89. The summed E-state index contributed by atoms with van der Waals surface area (Å²) in [6, 6.07) is 0. The van der Waals surface area contributed by atoms with E-state index in [-0.39, 0.29) is 5.92 Å². The molecule has 13 heavy (non-hydrogen) atoms. The lowest BCUT2D eigenvalue weighted by Crippen LogP contribution is -2.14. The zero-order valence-electron chi connectivity index (χ0n) is 7.90. The van der Waals surface area contributed by atoms with E-state index in [9.17, 15) is 4.79 Å². The molecule has 0 aliphatic rings. The van der Waals surface area contributed by atoms with Gasteiger partial charge in [-0.15, -0.1) is 0 Å². The van der Waals surface area contributed by atoms with Crippen molar-refractivity contribution in [3.8, 4) is 0 Å². The van der Waals surface area contributed by atoms with Gasteiger partial charge in [0.25, 0.3) is 0 Å². The molecule has 0 aliphatic heterocycles. The van der Waals surface area contributed by atoms with E-state index in [2.05, 4.69) is 4.98 Å². The van der Waals surface area contributed by atoms with Gasteiger partial charge in [0.2, 0.25) is 0 Å². The van der Waals surface area contributed by atoms with Crippen molar-refractivity contribution < 1.29 is 9.90 Å². The normalized spacial score (nSPS) is 10.7. The molecule has 0 saturated heterocycles. The molecule has 1 heterocycles. The van der Waals surface area contributed by atoms with Crippen LogP contribution in [0.3, 0.4) is 0 Å². The van der Waals surface area contributed by atoms with Crippen LogP contribution in [0.5, 0.6) is 0 Å². The van der Waals surface area contributed by atoms with Crippen LogP contribution in [0.4, 0.5) is 4.79 Å². The Kier molecular flexibility index (Phi) is 3.06. The van der Waals surface area contributed by atoms with Crippen molar-refractivity contribution in [1.29, 1.82) is 0 Å². The first-order valence-corrected chi connectivity index (χ1v) is 4.47. The summed E-state index contributed by atoms with van der Waals surface area (Å²) in [5.41, 5.74) is 0. The first-order chi connectivity index (χ1) is 6.20. The highest BCUT2D eigenvalue weighted by Gasteiger charge is 2.16. The van der Waals surface area contributed by atoms with Crippen molar-refractivity contribution in [2.75, 3.05) is 0 Å². The van der Waals surface area contributed by atoms with E-state index < -0.39 is 6.09 Å². The first-order valence-electron chi connectivity index (χ1n) is 4.47. The summed E-state index contributed by atoms with van der Waals surface area (Å²) in [5, 5.41) is 8.82. The topological polar surface area (TPSA) is 55.1 Å². The van der Waals surface area contributed by atoms with Crippen LogP contribution >= 0.6 is 0 Å². The molecule has 0 aliphatic carbocycles. The van der Waals surface area contributed by atoms with Crippen molar-refractivity contribution in [3.05, 3.63) is 18.2 Å². The Bertz CT molecular complexity index is 290. The number of nitrogens with zero attached hydrogens (tertiary/aromatic N) is 2. The second kappa shape index (κ2) is 4.07. The number of hydrogen-bond acceptors (Lipinski definition) is 2. The molecule has 0 aromatic carbocycles. The number of aromatic nitrogens is 2. The average Bonchev–Trinajstić information content (AvgIpc) is 2.55. The largest absolute Gasteiger partial charge is 0.464 e. The van der Waals surface area contributed by atoms with E-state index in [1.165, 1.54) is 17.0 Å². The third kappa shape index (κ3) is 1.88. The maximum absolute atomic E-state index is 10.7. The lowest BCUT2D eigenvalue weighted by atomic mass is 10.0. The zero-order valence-corrected chi connectivity index (χ0v) is 7.90. The van der Waals surface area contributed by atoms with Gasteiger partial charge in [0.05, 0.1) is 0 Å². The van der Waals surface area contributed by atoms with Gasteiger partial charge in [-0.25, -0.2) is 14.3 Å². The van der Waals surface area contributed by atoms with Crippen molar-refractivity contribution in [1.82, 2.24) is 9.55 Å². The SMILES string of the molecule is CCC(CC)c1nccn1C(=O)O. The number of rotatable bonds is 3. The number of imidazole rings is 1. The lowest BCUT2D eigenvalue weighted by molar-refractivity contribution is 0.195. The highest BCUT2D eigenvalue weighted by Crippen LogP contribution is 2.20. The molecule has 1 aromatic heterocycles. The maximum atomic E-state index is 10.7. The predicted molar refractivity (Wildman–Crippen MR) is 49.0 cm³/mol. The fourth-order valence-electron chi connectivity index (χ4n) is 1.43. The minimum Gasteiger partial charge on any atom is -0.464 e. The number of hydrogen-bond donors (Lipinski definition) is 1. The van der Waals surface area contributed by atoms with Gasteiger partial charge in [-0.05, 0) is 12.8 Å². The van der Waals surface area contributed by atoms with E-state index in [4.69, 9.17) is 5.11 Å². The molecule has 0 saturated carbocycles. The average molecular weight is 182 g/mol. The van der Waals surface area contributed by atoms with Crippen LogP contribution in [0.2, 0.25) is 0 Å². The van der Waals surface area contributed by atoms with Crippen LogP contribution in [-0.2, 0) is 0 Å². The van der Waals surface area contributed by atoms with Crippen LogP contribution in [0.25, 0.3) is 0 Å². The van der Waals surface area contributed by atoms with E-state index in [1.54, 1.807) is 0 Å². The van der Waals surface area contributed by atoms with E-state index in [0.717, 1.165) is 12.8 Å². The number of carbonyl (C=O) groups is 1. The molecule has 0 spiro atoms. The van der Waals surface area contributed by atoms with Gasteiger partial charge in [-0.1, -0.05) is 13.8 Å². The molecular formula is C9H14N2O2. The van der Waals surface area contributed by atoms with Gasteiger partial charge in [-0.2, -0.15) is 0 Å². The lowest BCUT2D eigenvalue weighted by Gasteiger charge is -2.11. The summed E-state index contributed by atoms with van der Waals surface area (Å²) >= 11 is 0. The van der Waals surface area contributed by atoms with Gasteiger partial charge >= 0.3 is 6.09 Å². The molecule has 0 radical (unpaired) electrons. The molecule has 0 fully saturated rings. The minimum atomic E-state index is -0.959. The molecule has 0 unspecified atom stereocenters. The highest BCUT2D eigenvalue weighted by atomic mass is 16.4. The van der Waals surface area contributed by atoms with E-state index >= 15 is 0 Å². The van der Waals surface area contributed by atoms with Crippen LogP contribution in [0.15, 0.2) is 12.4 Å². The Balaban J connectivity index is 2.98. The third-order valence-electron chi connectivity index (χ3n) is 2.23. The minimum absolute atomic E-state index is 0.242. The summed E-state index contributed by atoms with van der Waals surface area (Å²) < 4.78 is 1.19. The van der Waals surface area contributed by atoms with E-state index in [1.807, 2.05) is 13.8 Å². The Morgan fingerprint density at radius 1 is 1.62 bits per heavy atom. The van der Waals surface area contributed by atoms with Crippen molar-refractivity contribution in [2.45, 2.75) is 32.6 Å². The molecule has 1 N–H and O–H groups in total. The molecule has 0 atom stereocenters. The smallest absolute Gasteiger partial charge is 0.417 e. The van der Waals surface area contributed by atoms with Gasteiger partial charge in [0.15, 0.2) is 0 Å². The fraction of sp³-hybridized carbons (Fsp3) is 0.556. The molecule has 0 amide bonds. The Labute approximate surface area is 77.2 Å². The Morgan fingerprint density at radius 2 is 2.23 bits per heavy atom. The van der Waals surface area contributed by atoms with Crippen LogP contribution in [0, 0.1) is 0 Å². The van der Waals surface area contributed by atoms with Crippen molar-refractivity contribution in [2.24, 2.45) is 0 Å². The molecule has 4 nitrogen and oxygen atoms in total. The predicted octanol–water partition coefficient (Wildman–Crippen LogP) is 2.31. The van der Waals surface area contributed by atoms with Crippen LogP contribution in [0.1, 0.15) is 38.4 Å². The van der Waals surface area contributed by atoms with Crippen LogP contribution < -0.4 is 0 Å². The molecule has 1 aromatic rings. The van der Waals surface area contributed by atoms with Crippen LogP contribution in [-0.4, -0.2) is 20.8 Å². The molecule has 1 rings (SSSR count). The molecule has 0 bridgehead atoms. The monoisotopic (exact) mass is 182 g/mol. The van der Waals surface area contributed by atoms with E-state index in [0.29, 0.717) is 5.82 Å². The van der Waals surface area contributed by atoms with Crippen molar-refractivity contribution >= 4 is 6.09 Å². The second-order valence-electron chi connectivity index (χ2n) is 2.95. The first kappa shape index (κ1) is 9.77. The molecule has 4 heteroatoms.